The summed E-state index contributed by atoms with van der Waals surface area (Å²) in [7, 11) is 1.59. The van der Waals surface area contributed by atoms with Crippen LogP contribution in [0.1, 0.15) is 6.92 Å². The summed E-state index contributed by atoms with van der Waals surface area (Å²) < 4.78 is 10.8. The third-order valence-electron chi connectivity index (χ3n) is 2.85. The number of nitrogens with zero attached hydrogens (tertiary/aromatic N) is 1. The van der Waals surface area contributed by atoms with Crippen LogP contribution in [0.25, 0.3) is 0 Å². The van der Waals surface area contributed by atoms with E-state index in [1.807, 2.05) is 0 Å². The maximum atomic E-state index is 11.8. The Balaban J connectivity index is 2.05. The van der Waals surface area contributed by atoms with Crippen molar-refractivity contribution in [2.24, 2.45) is 0 Å². The minimum Gasteiger partial charge on any atom is -0.497 e. The van der Waals surface area contributed by atoms with Crippen molar-refractivity contribution in [1.82, 2.24) is 10.3 Å². The summed E-state index contributed by atoms with van der Waals surface area (Å²) in [5, 5.41) is 14.3. The Kier molecular flexibility index (Phi) is 5.76. The van der Waals surface area contributed by atoms with Crippen molar-refractivity contribution < 1.29 is 19.4 Å². The number of hydrogen-bond acceptors (Lipinski definition) is 5. The molecule has 1 aromatic carbocycles. The van der Waals surface area contributed by atoms with Crippen LogP contribution in [0.5, 0.6) is 17.4 Å². The number of anilines is 1. The number of amides is 2. The third-order valence-corrected chi connectivity index (χ3v) is 2.85. The Morgan fingerprint density at radius 1 is 1.26 bits per heavy atom. The van der Waals surface area contributed by atoms with Crippen molar-refractivity contribution in [3.63, 3.8) is 0 Å². The summed E-state index contributed by atoms with van der Waals surface area (Å²) in [5.74, 6) is 1.55. The number of rotatable bonds is 6. The molecule has 7 heteroatoms. The van der Waals surface area contributed by atoms with Crippen LogP contribution in [-0.2, 0) is 0 Å². The Hall–Kier alpha value is -2.80. The molecule has 7 nitrogen and oxygen atoms in total. The molecule has 0 aliphatic carbocycles. The van der Waals surface area contributed by atoms with Crippen LogP contribution in [0.2, 0.25) is 0 Å². The third kappa shape index (κ3) is 5.15. The highest BCUT2D eigenvalue weighted by Gasteiger charge is 2.10. The molecule has 0 fully saturated rings. The zero-order chi connectivity index (χ0) is 16.7. The molecule has 3 N–H and O–H groups in total. The van der Waals surface area contributed by atoms with Gasteiger partial charge in [0.15, 0.2) is 0 Å². The van der Waals surface area contributed by atoms with Gasteiger partial charge >= 0.3 is 6.03 Å². The maximum Gasteiger partial charge on any atom is 0.319 e. The van der Waals surface area contributed by atoms with Crippen LogP contribution in [0.15, 0.2) is 42.6 Å². The normalized spacial score (nSPS) is 11.4. The van der Waals surface area contributed by atoms with Crippen LogP contribution in [0.3, 0.4) is 0 Å². The van der Waals surface area contributed by atoms with E-state index in [4.69, 9.17) is 14.6 Å². The number of aromatic nitrogens is 1. The molecular formula is C16H19N3O4. The van der Waals surface area contributed by atoms with E-state index in [-0.39, 0.29) is 12.4 Å². The molecule has 0 saturated heterocycles. The predicted molar refractivity (Wildman–Crippen MR) is 86.0 cm³/mol. The van der Waals surface area contributed by atoms with Crippen molar-refractivity contribution in [1.29, 1.82) is 0 Å². The van der Waals surface area contributed by atoms with Gasteiger partial charge in [0.05, 0.1) is 13.2 Å². The van der Waals surface area contributed by atoms with Crippen LogP contribution in [-0.4, -0.2) is 35.9 Å². The first kappa shape index (κ1) is 16.6. The molecule has 1 atom stereocenters. The molecule has 0 saturated carbocycles. The highest BCUT2D eigenvalue weighted by molar-refractivity contribution is 5.90. The van der Waals surface area contributed by atoms with E-state index < -0.39 is 12.1 Å². The Labute approximate surface area is 134 Å². The number of carbonyl (C=O) groups excluding carboxylic acids is 1. The van der Waals surface area contributed by atoms with E-state index in [1.165, 1.54) is 0 Å². The van der Waals surface area contributed by atoms with E-state index >= 15 is 0 Å². The standard InChI is InChI=1S/C16H19N3O4/c1-11(20)10-18-16(21)19-14-4-3-9-17-15(14)23-13-7-5-12(22-2)6-8-13/h3-9,11,20H,10H2,1-2H3,(H2,18,19,21)/t11-/m1/s1. The molecule has 0 spiro atoms. The molecule has 1 aromatic heterocycles. The van der Waals surface area contributed by atoms with Gasteiger partial charge in [-0.25, -0.2) is 9.78 Å². The number of ether oxygens (including phenoxy) is 2. The second kappa shape index (κ2) is 8.00. The lowest BCUT2D eigenvalue weighted by atomic mass is 10.3. The first-order valence-electron chi connectivity index (χ1n) is 7.08. The SMILES string of the molecule is COc1ccc(Oc2ncccc2NC(=O)NC[C@@H](C)O)cc1. The molecule has 0 aliphatic heterocycles. The number of urea groups is 1. The average molecular weight is 317 g/mol. The topological polar surface area (TPSA) is 92.7 Å². The summed E-state index contributed by atoms with van der Waals surface area (Å²) in [5.41, 5.74) is 0.423. The monoisotopic (exact) mass is 317 g/mol. The van der Waals surface area contributed by atoms with E-state index in [0.29, 0.717) is 17.2 Å². The quantitative estimate of drug-likeness (QED) is 0.760. The number of pyridine rings is 1. The van der Waals surface area contributed by atoms with E-state index in [1.54, 1.807) is 56.6 Å². The number of carbonyl (C=O) groups is 1. The molecule has 0 aliphatic rings. The van der Waals surface area contributed by atoms with Gasteiger partial charge in [-0.3, -0.25) is 0 Å². The lowest BCUT2D eigenvalue weighted by Crippen LogP contribution is -2.34. The fourth-order valence-corrected chi connectivity index (χ4v) is 1.73. The van der Waals surface area contributed by atoms with Crippen LogP contribution in [0.4, 0.5) is 10.5 Å². The molecule has 0 bridgehead atoms. The van der Waals surface area contributed by atoms with Crippen molar-refractivity contribution in [3.8, 4) is 17.4 Å². The lowest BCUT2D eigenvalue weighted by molar-refractivity contribution is 0.190. The van der Waals surface area contributed by atoms with Gasteiger partial charge in [0.25, 0.3) is 0 Å². The Bertz CT molecular complexity index is 644. The molecule has 0 unspecified atom stereocenters. The summed E-state index contributed by atoms with van der Waals surface area (Å²) >= 11 is 0. The summed E-state index contributed by atoms with van der Waals surface area (Å²) in [6, 6.07) is 9.93. The van der Waals surface area contributed by atoms with Crippen molar-refractivity contribution in [2.45, 2.75) is 13.0 Å². The van der Waals surface area contributed by atoms with Crippen molar-refractivity contribution in [2.75, 3.05) is 19.0 Å². The van der Waals surface area contributed by atoms with Gasteiger partial charge in [-0.05, 0) is 43.3 Å². The van der Waals surface area contributed by atoms with Crippen molar-refractivity contribution >= 4 is 11.7 Å². The van der Waals surface area contributed by atoms with Gasteiger partial charge in [-0.15, -0.1) is 0 Å². The highest BCUT2D eigenvalue weighted by atomic mass is 16.5. The summed E-state index contributed by atoms with van der Waals surface area (Å²) in [6.07, 6.45) is 0.947. The molecule has 2 rings (SSSR count). The van der Waals surface area contributed by atoms with Crippen LogP contribution < -0.4 is 20.1 Å². The number of nitrogens with one attached hydrogen (secondary N) is 2. The first-order valence-corrected chi connectivity index (χ1v) is 7.08. The highest BCUT2D eigenvalue weighted by Crippen LogP contribution is 2.27. The zero-order valence-electron chi connectivity index (χ0n) is 12.9. The second-order valence-electron chi connectivity index (χ2n) is 4.82. The van der Waals surface area contributed by atoms with Gasteiger partial charge < -0.3 is 25.2 Å². The maximum absolute atomic E-state index is 11.8. The molecule has 122 valence electrons. The zero-order valence-corrected chi connectivity index (χ0v) is 12.9. The molecular weight excluding hydrogens is 298 g/mol. The average Bonchev–Trinajstić information content (AvgIpc) is 2.55. The second-order valence-corrected chi connectivity index (χ2v) is 4.82. The van der Waals surface area contributed by atoms with Gasteiger partial charge in [0.1, 0.15) is 17.2 Å². The number of methoxy groups -OCH3 is 1. The minimum atomic E-state index is -0.621. The number of aliphatic hydroxyl groups excluding tert-OH is 1. The van der Waals surface area contributed by atoms with Crippen LogP contribution in [0, 0.1) is 0 Å². The fraction of sp³-hybridized carbons (Fsp3) is 0.250. The van der Waals surface area contributed by atoms with Crippen LogP contribution >= 0.6 is 0 Å². The fourth-order valence-electron chi connectivity index (χ4n) is 1.73. The largest absolute Gasteiger partial charge is 0.497 e. The number of benzene rings is 1. The smallest absolute Gasteiger partial charge is 0.319 e. The van der Waals surface area contributed by atoms with Crippen molar-refractivity contribution in [3.05, 3.63) is 42.6 Å². The van der Waals surface area contributed by atoms with E-state index in [9.17, 15) is 4.79 Å². The summed E-state index contributed by atoms with van der Waals surface area (Å²) in [6.45, 7) is 1.74. The minimum absolute atomic E-state index is 0.154. The van der Waals surface area contributed by atoms with E-state index in [0.717, 1.165) is 0 Å². The first-order chi connectivity index (χ1) is 11.1. The lowest BCUT2D eigenvalue weighted by Gasteiger charge is -2.12. The molecule has 23 heavy (non-hydrogen) atoms. The number of aliphatic hydroxyl groups is 1. The Morgan fingerprint density at radius 2 is 1.96 bits per heavy atom. The van der Waals surface area contributed by atoms with Gasteiger partial charge in [-0.2, -0.15) is 0 Å². The number of hydrogen-bond donors (Lipinski definition) is 3. The molecule has 2 amide bonds. The Morgan fingerprint density at radius 3 is 2.61 bits per heavy atom. The molecule has 1 heterocycles. The van der Waals surface area contributed by atoms with Gasteiger partial charge in [-0.1, -0.05) is 0 Å². The molecule has 0 radical (unpaired) electrons. The van der Waals surface area contributed by atoms with Gasteiger partial charge in [0.2, 0.25) is 5.88 Å². The molecule has 2 aromatic rings. The van der Waals surface area contributed by atoms with Gasteiger partial charge in [0, 0.05) is 12.7 Å². The summed E-state index contributed by atoms with van der Waals surface area (Å²) in [4.78, 5) is 15.9. The predicted octanol–water partition coefficient (Wildman–Crippen LogP) is 2.38. The van der Waals surface area contributed by atoms with E-state index in [2.05, 4.69) is 15.6 Å².